The normalized spacial score (nSPS) is 10.5. The van der Waals surface area contributed by atoms with Crippen LogP contribution < -0.4 is 10.6 Å². The van der Waals surface area contributed by atoms with Crippen molar-refractivity contribution in [1.82, 2.24) is 9.80 Å². The predicted octanol–water partition coefficient (Wildman–Crippen LogP) is 2.45. The lowest BCUT2D eigenvalue weighted by Gasteiger charge is -2.21. The highest BCUT2D eigenvalue weighted by atomic mass is 35.5. The van der Waals surface area contributed by atoms with Crippen molar-refractivity contribution >= 4 is 40.7 Å². The Morgan fingerprint density at radius 1 is 0.931 bits per heavy atom. The molecule has 0 aliphatic heterocycles. The van der Waals surface area contributed by atoms with Gasteiger partial charge in [0.15, 0.2) is 0 Å². The van der Waals surface area contributed by atoms with Crippen LogP contribution in [0.2, 0.25) is 5.02 Å². The Morgan fingerprint density at radius 2 is 1.62 bits per heavy atom. The van der Waals surface area contributed by atoms with Crippen molar-refractivity contribution in [3.8, 4) is 0 Å². The van der Waals surface area contributed by atoms with Crippen LogP contribution >= 0.6 is 11.6 Å². The van der Waals surface area contributed by atoms with Crippen molar-refractivity contribution in [1.29, 1.82) is 0 Å². The summed E-state index contributed by atoms with van der Waals surface area (Å²) in [7, 11) is 3.09. The SMILES string of the molecule is CN(CC(=O)Nc1cccc(F)c1)CC(=O)N(C)CC(=O)Nc1ccccc1Cl. The number of anilines is 2. The third-order valence-corrected chi connectivity index (χ3v) is 4.21. The highest BCUT2D eigenvalue weighted by Crippen LogP contribution is 2.20. The summed E-state index contributed by atoms with van der Waals surface area (Å²) in [6, 6.07) is 12.3. The fraction of sp³-hybridized carbons (Fsp3) is 0.250. The summed E-state index contributed by atoms with van der Waals surface area (Å²) in [5.74, 6) is -1.56. The van der Waals surface area contributed by atoms with Crippen molar-refractivity contribution in [2.45, 2.75) is 0 Å². The Morgan fingerprint density at radius 3 is 2.31 bits per heavy atom. The summed E-state index contributed by atoms with van der Waals surface area (Å²) in [5.41, 5.74) is 0.800. The molecule has 0 bridgehead atoms. The largest absolute Gasteiger partial charge is 0.335 e. The Balaban J connectivity index is 1.78. The van der Waals surface area contributed by atoms with Crippen LogP contribution in [0.15, 0.2) is 48.5 Å². The molecule has 0 aliphatic carbocycles. The summed E-state index contributed by atoms with van der Waals surface area (Å²) in [4.78, 5) is 39.2. The van der Waals surface area contributed by atoms with Crippen LogP contribution in [0.1, 0.15) is 0 Å². The van der Waals surface area contributed by atoms with Gasteiger partial charge in [0.05, 0.1) is 30.3 Å². The van der Waals surface area contributed by atoms with E-state index in [1.165, 1.54) is 35.0 Å². The van der Waals surface area contributed by atoms with Gasteiger partial charge in [0.1, 0.15) is 5.82 Å². The number of halogens is 2. The monoisotopic (exact) mass is 420 g/mol. The molecule has 9 heteroatoms. The lowest BCUT2D eigenvalue weighted by molar-refractivity contribution is -0.134. The van der Waals surface area contributed by atoms with E-state index in [0.29, 0.717) is 16.4 Å². The second kappa shape index (κ2) is 10.5. The lowest BCUT2D eigenvalue weighted by Crippen LogP contribution is -2.42. The Bertz CT molecular complexity index is 894. The molecule has 154 valence electrons. The molecule has 0 atom stereocenters. The van der Waals surface area contributed by atoms with E-state index >= 15 is 0 Å². The topological polar surface area (TPSA) is 81.8 Å². The van der Waals surface area contributed by atoms with Gasteiger partial charge < -0.3 is 15.5 Å². The molecule has 29 heavy (non-hydrogen) atoms. The second-order valence-electron chi connectivity index (χ2n) is 6.51. The average Bonchev–Trinajstić information content (AvgIpc) is 2.63. The number of benzene rings is 2. The summed E-state index contributed by atoms with van der Waals surface area (Å²) >= 11 is 5.99. The van der Waals surface area contributed by atoms with Gasteiger partial charge in [-0.2, -0.15) is 0 Å². The van der Waals surface area contributed by atoms with E-state index in [1.54, 1.807) is 37.4 Å². The van der Waals surface area contributed by atoms with E-state index in [1.807, 2.05) is 0 Å². The maximum Gasteiger partial charge on any atom is 0.244 e. The fourth-order valence-corrected chi connectivity index (χ4v) is 2.66. The Labute approximate surface area is 173 Å². The van der Waals surface area contributed by atoms with Gasteiger partial charge in [-0.25, -0.2) is 4.39 Å². The van der Waals surface area contributed by atoms with E-state index in [4.69, 9.17) is 11.6 Å². The summed E-state index contributed by atoms with van der Waals surface area (Å²) < 4.78 is 13.2. The zero-order valence-corrected chi connectivity index (χ0v) is 16.9. The van der Waals surface area contributed by atoms with Gasteiger partial charge in [0.25, 0.3) is 0 Å². The summed E-state index contributed by atoms with van der Waals surface area (Å²) in [6.45, 7) is -0.290. The fourth-order valence-electron chi connectivity index (χ4n) is 2.48. The molecule has 0 saturated heterocycles. The first-order chi connectivity index (χ1) is 13.7. The maximum atomic E-state index is 13.2. The zero-order valence-electron chi connectivity index (χ0n) is 16.1. The number of nitrogens with one attached hydrogen (secondary N) is 2. The molecule has 0 heterocycles. The number of likely N-dealkylation sites (N-methyl/N-ethyl adjacent to an activating group) is 2. The van der Waals surface area contributed by atoms with Gasteiger partial charge in [0, 0.05) is 12.7 Å². The molecule has 2 N–H and O–H groups in total. The molecule has 0 saturated carbocycles. The van der Waals surface area contributed by atoms with Crippen LogP contribution in [-0.2, 0) is 14.4 Å². The molecular formula is C20H22ClFN4O3. The van der Waals surface area contributed by atoms with Crippen molar-refractivity contribution in [2.24, 2.45) is 0 Å². The average molecular weight is 421 g/mol. The molecule has 2 aromatic carbocycles. The van der Waals surface area contributed by atoms with Crippen LogP contribution in [0.3, 0.4) is 0 Å². The number of hydrogen-bond donors (Lipinski definition) is 2. The Kier molecular flexibility index (Phi) is 8.11. The summed E-state index contributed by atoms with van der Waals surface area (Å²) in [6.07, 6.45) is 0. The highest BCUT2D eigenvalue weighted by molar-refractivity contribution is 6.33. The number of para-hydroxylation sites is 1. The van der Waals surface area contributed by atoms with E-state index < -0.39 is 5.82 Å². The summed E-state index contributed by atoms with van der Waals surface area (Å²) in [5, 5.41) is 5.60. The third kappa shape index (κ3) is 7.52. The first kappa shape index (κ1) is 22.3. The minimum atomic E-state index is -0.456. The Hall–Kier alpha value is -2.97. The number of carbonyl (C=O) groups is 3. The minimum absolute atomic E-state index is 0.0631. The van der Waals surface area contributed by atoms with E-state index in [9.17, 15) is 18.8 Å². The van der Waals surface area contributed by atoms with Crippen LogP contribution in [0.4, 0.5) is 15.8 Å². The van der Waals surface area contributed by atoms with Gasteiger partial charge in [-0.3, -0.25) is 19.3 Å². The number of hydrogen-bond acceptors (Lipinski definition) is 4. The maximum absolute atomic E-state index is 13.2. The van der Waals surface area contributed by atoms with E-state index in [0.717, 1.165) is 0 Å². The number of carbonyl (C=O) groups excluding carboxylic acids is 3. The molecule has 2 aromatic rings. The predicted molar refractivity (Wildman–Crippen MR) is 110 cm³/mol. The van der Waals surface area contributed by atoms with Crippen molar-refractivity contribution in [2.75, 3.05) is 44.4 Å². The molecule has 0 spiro atoms. The third-order valence-electron chi connectivity index (χ3n) is 3.88. The van der Waals surface area contributed by atoms with E-state index in [-0.39, 0.29) is 37.4 Å². The standard InChI is InChI=1S/C20H22ClFN4O3/c1-25(11-18(27)23-15-7-5-6-14(22)10-15)13-20(29)26(2)12-19(28)24-17-9-4-3-8-16(17)21/h3-10H,11-13H2,1-2H3,(H,23,27)(H,24,28). The van der Waals surface area contributed by atoms with E-state index in [2.05, 4.69) is 10.6 Å². The van der Waals surface area contributed by atoms with Crippen molar-refractivity contribution in [3.63, 3.8) is 0 Å². The number of amides is 3. The van der Waals surface area contributed by atoms with Gasteiger partial charge in [-0.1, -0.05) is 29.8 Å². The molecule has 0 radical (unpaired) electrons. The molecule has 7 nitrogen and oxygen atoms in total. The molecule has 0 unspecified atom stereocenters. The lowest BCUT2D eigenvalue weighted by atomic mass is 10.3. The van der Waals surface area contributed by atoms with Crippen LogP contribution in [0.5, 0.6) is 0 Å². The van der Waals surface area contributed by atoms with Crippen LogP contribution in [0, 0.1) is 5.82 Å². The van der Waals surface area contributed by atoms with Gasteiger partial charge in [0.2, 0.25) is 17.7 Å². The van der Waals surface area contributed by atoms with Gasteiger partial charge in [-0.15, -0.1) is 0 Å². The number of nitrogens with zero attached hydrogens (tertiary/aromatic N) is 2. The molecule has 0 aliphatic rings. The minimum Gasteiger partial charge on any atom is -0.335 e. The van der Waals surface area contributed by atoms with Crippen molar-refractivity contribution in [3.05, 3.63) is 59.4 Å². The smallest absolute Gasteiger partial charge is 0.244 e. The highest BCUT2D eigenvalue weighted by Gasteiger charge is 2.17. The van der Waals surface area contributed by atoms with Crippen LogP contribution in [0.25, 0.3) is 0 Å². The zero-order chi connectivity index (χ0) is 21.4. The van der Waals surface area contributed by atoms with Crippen molar-refractivity contribution < 1.29 is 18.8 Å². The molecule has 3 amide bonds. The molecular weight excluding hydrogens is 399 g/mol. The van der Waals surface area contributed by atoms with Crippen LogP contribution in [-0.4, -0.2) is 61.3 Å². The quantitative estimate of drug-likeness (QED) is 0.687. The second-order valence-corrected chi connectivity index (χ2v) is 6.92. The molecule has 2 rings (SSSR count). The first-order valence-electron chi connectivity index (χ1n) is 8.77. The number of rotatable bonds is 8. The first-order valence-corrected chi connectivity index (χ1v) is 9.14. The molecule has 0 aromatic heterocycles. The van der Waals surface area contributed by atoms with Gasteiger partial charge >= 0.3 is 0 Å². The van der Waals surface area contributed by atoms with Gasteiger partial charge in [-0.05, 0) is 37.4 Å². The molecule has 0 fully saturated rings.